The Bertz CT molecular complexity index is 1190. The number of benzene rings is 2. The van der Waals surface area contributed by atoms with Crippen molar-refractivity contribution in [3.05, 3.63) is 95.8 Å². The maximum Gasteiger partial charge on any atom is 0.300 e. The van der Waals surface area contributed by atoms with Crippen molar-refractivity contribution in [1.29, 1.82) is 0 Å². The Morgan fingerprint density at radius 1 is 1.00 bits per heavy atom. The van der Waals surface area contributed by atoms with Gasteiger partial charge in [0.2, 0.25) is 5.91 Å². The van der Waals surface area contributed by atoms with Gasteiger partial charge in [0.1, 0.15) is 11.8 Å². The van der Waals surface area contributed by atoms with Gasteiger partial charge in [-0.15, -0.1) is 0 Å². The van der Waals surface area contributed by atoms with Crippen LogP contribution in [0.1, 0.15) is 24.2 Å². The summed E-state index contributed by atoms with van der Waals surface area (Å²) in [7, 11) is 0. The maximum absolute atomic E-state index is 13.1. The number of carbonyl (C=O) groups is 3. The maximum atomic E-state index is 13.1. The van der Waals surface area contributed by atoms with E-state index in [9.17, 15) is 19.5 Å². The molecule has 2 N–H and O–H groups in total. The smallest absolute Gasteiger partial charge is 0.300 e. The highest BCUT2D eigenvalue weighted by Crippen LogP contribution is 2.41. The third-order valence-corrected chi connectivity index (χ3v) is 4.90. The summed E-state index contributed by atoms with van der Waals surface area (Å²) >= 11 is 0. The SMILES string of the molecule is CC(=O)Nc1cccc(N2C(=O)C(=O)/C(=C(/O)c3ccccc3)C2c2ccccn2)c1. The van der Waals surface area contributed by atoms with Gasteiger partial charge in [-0.2, -0.15) is 0 Å². The second-order valence-electron chi connectivity index (χ2n) is 7.02. The molecule has 4 rings (SSSR count). The molecule has 0 spiro atoms. The van der Waals surface area contributed by atoms with E-state index in [1.807, 2.05) is 0 Å². The van der Waals surface area contributed by atoms with Gasteiger partial charge in [0.05, 0.1) is 11.3 Å². The summed E-state index contributed by atoms with van der Waals surface area (Å²) < 4.78 is 0. The summed E-state index contributed by atoms with van der Waals surface area (Å²) in [6.07, 6.45) is 1.56. The molecule has 0 saturated carbocycles. The molecule has 0 aliphatic carbocycles. The van der Waals surface area contributed by atoms with E-state index in [4.69, 9.17) is 0 Å². The lowest BCUT2D eigenvalue weighted by Gasteiger charge is -2.25. The fourth-order valence-corrected chi connectivity index (χ4v) is 3.60. The van der Waals surface area contributed by atoms with Crippen molar-refractivity contribution in [3.8, 4) is 0 Å². The highest BCUT2D eigenvalue weighted by molar-refractivity contribution is 6.51. The molecule has 31 heavy (non-hydrogen) atoms. The van der Waals surface area contributed by atoms with Gasteiger partial charge in [-0.05, 0) is 30.3 Å². The Labute approximate surface area is 178 Å². The third-order valence-electron chi connectivity index (χ3n) is 4.90. The zero-order valence-corrected chi connectivity index (χ0v) is 16.6. The first-order chi connectivity index (χ1) is 15.0. The van der Waals surface area contributed by atoms with Crippen LogP contribution in [0, 0.1) is 0 Å². The number of rotatable bonds is 4. The second-order valence-corrected chi connectivity index (χ2v) is 7.02. The number of aliphatic hydroxyl groups is 1. The van der Waals surface area contributed by atoms with E-state index in [1.165, 1.54) is 11.8 Å². The Kier molecular flexibility index (Phi) is 5.32. The fraction of sp³-hybridized carbons (Fsp3) is 0.0833. The molecular formula is C24H19N3O4. The zero-order chi connectivity index (χ0) is 22.0. The molecule has 2 heterocycles. The van der Waals surface area contributed by atoms with Gasteiger partial charge in [0.15, 0.2) is 0 Å². The second kappa shape index (κ2) is 8.23. The fourth-order valence-electron chi connectivity index (χ4n) is 3.60. The Hall–Kier alpha value is -4.26. The first-order valence-corrected chi connectivity index (χ1v) is 9.62. The van der Waals surface area contributed by atoms with Gasteiger partial charge in [-0.1, -0.05) is 42.5 Å². The minimum Gasteiger partial charge on any atom is -0.507 e. The molecule has 1 atom stereocenters. The average Bonchev–Trinajstić information content (AvgIpc) is 3.05. The van der Waals surface area contributed by atoms with E-state index >= 15 is 0 Å². The van der Waals surface area contributed by atoms with E-state index in [1.54, 1.807) is 79.0 Å². The molecule has 1 fully saturated rings. The molecule has 0 radical (unpaired) electrons. The van der Waals surface area contributed by atoms with E-state index in [2.05, 4.69) is 10.3 Å². The number of amides is 2. The normalized spacial score (nSPS) is 17.6. The molecule has 1 aromatic heterocycles. The first-order valence-electron chi connectivity index (χ1n) is 9.62. The van der Waals surface area contributed by atoms with Crippen LogP contribution in [0.5, 0.6) is 0 Å². The number of aliphatic hydroxyl groups excluding tert-OH is 1. The summed E-state index contributed by atoms with van der Waals surface area (Å²) in [6.45, 7) is 1.38. The van der Waals surface area contributed by atoms with Gasteiger partial charge < -0.3 is 10.4 Å². The van der Waals surface area contributed by atoms with Crippen LogP contribution < -0.4 is 10.2 Å². The monoisotopic (exact) mass is 413 g/mol. The molecule has 1 aliphatic heterocycles. The van der Waals surface area contributed by atoms with Crippen molar-refractivity contribution in [2.24, 2.45) is 0 Å². The molecule has 7 nitrogen and oxygen atoms in total. The largest absolute Gasteiger partial charge is 0.507 e. The van der Waals surface area contributed by atoms with Crippen molar-refractivity contribution in [2.45, 2.75) is 13.0 Å². The van der Waals surface area contributed by atoms with Crippen molar-refractivity contribution >= 4 is 34.7 Å². The number of hydrogen-bond donors (Lipinski definition) is 2. The molecule has 3 aromatic rings. The Morgan fingerprint density at radius 2 is 1.74 bits per heavy atom. The molecule has 2 aromatic carbocycles. The highest BCUT2D eigenvalue weighted by Gasteiger charge is 2.47. The number of carbonyl (C=O) groups excluding carboxylic acids is 3. The molecule has 2 amide bonds. The number of ketones is 1. The van der Waals surface area contributed by atoms with Crippen molar-refractivity contribution in [2.75, 3.05) is 10.2 Å². The van der Waals surface area contributed by atoms with Gasteiger partial charge in [-0.3, -0.25) is 24.3 Å². The highest BCUT2D eigenvalue weighted by atomic mass is 16.3. The summed E-state index contributed by atoms with van der Waals surface area (Å²) in [5.41, 5.74) is 1.70. The topological polar surface area (TPSA) is 99.6 Å². The number of hydrogen-bond acceptors (Lipinski definition) is 5. The van der Waals surface area contributed by atoms with E-state index in [0.29, 0.717) is 22.6 Å². The number of aromatic nitrogens is 1. The van der Waals surface area contributed by atoms with Crippen molar-refractivity contribution in [1.82, 2.24) is 4.98 Å². The van der Waals surface area contributed by atoms with Crippen LogP contribution in [-0.4, -0.2) is 27.7 Å². The van der Waals surface area contributed by atoms with Gasteiger partial charge in [0.25, 0.3) is 11.7 Å². The number of nitrogens with zero attached hydrogens (tertiary/aromatic N) is 2. The molecule has 0 bridgehead atoms. The Morgan fingerprint density at radius 3 is 2.42 bits per heavy atom. The molecule has 1 saturated heterocycles. The third kappa shape index (κ3) is 3.81. The van der Waals surface area contributed by atoms with Crippen LogP contribution in [0.4, 0.5) is 11.4 Å². The van der Waals surface area contributed by atoms with Gasteiger partial charge >= 0.3 is 0 Å². The lowest BCUT2D eigenvalue weighted by Crippen LogP contribution is -2.30. The van der Waals surface area contributed by atoms with Gasteiger partial charge in [0, 0.05) is 30.1 Å². The van der Waals surface area contributed by atoms with Crippen molar-refractivity contribution < 1.29 is 19.5 Å². The lowest BCUT2D eigenvalue weighted by atomic mass is 9.98. The van der Waals surface area contributed by atoms with Crippen LogP contribution in [0.2, 0.25) is 0 Å². The minimum absolute atomic E-state index is 0.0418. The lowest BCUT2D eigenvalue weighted by molar-refractivity contribution is -0.132. The van der Waals surface area contributed by atoms with Crippen molar-refractivity contribution in [3.63, 3.8) is 0 Å². The summed E-state index contributed by atoms with van der Waals surface area (Å²) in [5.74, 6) is -2.12. The number of anilines is 2. The molecule has 154 valence electrons. The zero-order valence-electron chi connectivity index (χ0n) is 16.6. The van der Waals surface area contributed by atoms with Crippen LogP contribution in [-0.2, 0) is 14.4 Å². The molecular weight excluding hydrogens is 394 g/mol. The molecule has 7 heteroatoms. The first kappa shape index (κ1) is 20.0. The predicted molar refractivity (Wildman–Crippen MR) is 116 cm³/mol. The average molecular weight is 413 g/mol. The van der Waals surface area contributed by atoms with E-state index in [-0.39, 0.29) is 17.2 Å². The number of Topliss-reactive ketones (excluding diaryl/α,β-unsaturated/α-hetero) is 1. The minimum atomic E-state index is -0.922. The summed E-state index contributed by atoms with van der Waals surface area (Å²) in [4.78, 5) is 43.2. The molecule has 1 aliphatic rings. The Balaban J connectivity index is 1.90. The van der Waals surface area contributed by atoms with Crippen LogP contribution in [0.25, 0.3) is 5.76 Å². The standard InChI is InChI=1S/C24H19N3O4/c1-15(28)26-17-10-7-11-18(14-17)27-21(19-12-5-6-13-25-19)20(23(30)24(27)31)22(29)16-8-3-2-4-9-16/h2-14,21,29H,1H3,(H,26,28)/b22-20+. The van der Waals surface area contributed by atoms with Crippen LogP contribution >= 0.6 is 0 Å². The van der Waals surface area contributed by atoms with Crippen LogP contribution in [0.3, 0.4) is 0 Å². The summed E-state index contributed by atoms with van der Waals surface area (Å²) in [5, 5.41) is 13.6. The quantitative estimate of drug-likeness (QED) is 0.386. The van der Waals surface area contributed by atoms with E-state index < -0.39 is 17.7 Å². The van der Waals surface area contributed by atoms with Crippen LogP contribution in [0.15, 0.2) is 84.6 Å². The summed E-state index contributed by atoms with van der Waals surface area (Å²) in [6, 6.07) is 19.4. The molecule has 1 unspecified atom stereocenters. The predicted octanol–water partition coefficient (Wildman–Crippen LogP) is 3.67. The number of nitrogens with one attached hydrogen (secondary N) is 1. The van der Waals surface area contributed by atoms with E-state index in [0.717, 1.165) is 0 Å². The number of pyridine rings is 1. The van der Waals surface area contributed by atoms with Gasteiger partial charge in [-0.25, -0.2) is 0 Å².